The molecule has 90 valence electrons. The normalized spacial score (nSPS) is 25.8. The highest BCUT2D eigenvalue weighted by molar-refractivity contribution is 5.01. The van der Waals surface area contributed by atoms with Crippen LogP contribution in [0, 0.1) is 0 Å². The van der Waals surface area contributed by atoms with Crippen molar-refractivity contribution in [3.05, 3.63) is 0 Å². The maximum atomic E-state index is 2.58. The first-order valence-electron chi connectivity index (χ1n) is 5.97. The molecule has 0 aromatic carbocycles. The van der Waals surface area contributed by atoms with Crippen molar-refractivity contribution in [3.8, 4) is 0 Å². The Kier molecular flexibility index (Phi) is 2.99. The molecule has 0 saturated carbocycles. The van der Waals surface area contributed by atoms with Crippen molar-refractivity contribution >= 4 is 0 Å². The molecule has 1 fully saturated rings. The lowest BCUT2D eigenvalue weighted by Crippen LogP contribution is -2.54. The molecule has 1 aliphatic rings. The molecule has 0 aromatic heterocycles. The lowest BCUT2D eigenvalue weighted by atomic mass is 9.97. The first kappa shape index (κ1) is 13.0. The second kappa shape index (κ2) is 3.46. The van der Waals surface area contributed by atoms with E-state index in [1.165, 1.54) is 6.54 Å². The minimum atomic E-state index is 0.233. The Bertz CT molecular complexity index is 216. The Hall–Kier alpha value is -0.0800. The van der Waals surface area contributed by atoms with Crippen LogP contribution in [0.3, 0.4) is 0 Å². The Morgan fingerprint density at radius 3 is 1.53 bits per heavy atom. The summed E-state index contributed by atoms with van der Waals surface area (Å²) < 4.78 is 0. The Morgan fingerprint density at radius 1 is 1.00 bits per heavy atom. The standard InChI is InChI=1S/C13H28N2/c1-11(2,3)15(12(4,5)6)10-14-9-13(14,7)8/h9-10H2,1-8H3. The van der Waals surface area contributed by atoms with E-state index in [0.29, 0.717) is 5.54 Å². The predicted molar refractivity (Wildman–Crippen MR) is 67.0 cm³/mol. The van der Waals surface area contributed by atoms with Crippen LogP contribution in [-0.4, -0.2) is 39.6 Å². The van der Waals surface area contributed by atoms with Gasteiger partial charge in [-0.25, -0.2) is 0 Å². The van der Waals surface area contributed by atoms with Crippen molar-refractivity contribution in [2.24, 2.45) is 0 Å². The zero-order valence-corrected chi connectivity index (χ0v) is 11.8. The van der Waals surface area contributed by atoms with Gasteiger partial charge in [0.25, 0.3) is 0 Å². The van der Waals surface area contributed by atoms with Gasteiger partial charge in [0, 0.05) is 23.2 Å². The molecule has 1 atom stereocenters. The Labute approximate surface area is 95.6 Å². The van der Waals surface area contributed by atoms with Gasteiger partial charge in [-0.3, -0.25) is 9.80 Å². The molecule has 0 N–H and O–H groups in total. The fourth-order valence-corrected chi connectivity index (χ4v) is 2.27. The van der Waals surface area contributed by atoms with Gasteiger partial charge in [-0.15, -0.1) is 0 Å². The summed E-state index contributed by atoms with van der Waals surface area (Å²) in [5, 5.41) is 0. The minimum Gasteiger partial charge on any atom is -0.282 e. The Morgan fingerprint density at radius 2 is 1.33 bits per heavy atom. The lowest BCUT2D eigenvalue weighted by molar-refractivity contribution is 0.00754. The van der Waals surface area contributed by atoms with Gasteiger partial charge in [0.15, 0.2) is 0 Å². The maximum absolute atomic E-state index is 2.58. The summed E-state index contributed by atoms with van der Waals surface area (Å²) in [6, 6.07) is 0. The van der Waals surface area contributed by atoms with Gasteiger partial charge >= 0.3 is 0 Å². The highest BCUT2D eigenvalue weighted by Crippen LogP contribution is 2.34. The predicted octanol–water partition coefficient (Wildman–Crippen LogP) is 2.94. The largest absolute Gasteiger partial charge is 0.282 e. The Balaban J connectivity index is 2.68. The fourth-order valence-electron chi connectivity index (χ4n) is 2.27. The maximum Gasteiger partial charge on any atom is 0.0522 e. The molecule has 0 amide bonds. The summed E-state index contributed by atoms with van der Waals surface area (Å²) >= 11 is 0. The second-order valence-electron chi connectivity index (χ2n) is 7.42. The van der Waals surface area contributed by atoms with Crippen LogP contribution in [0.2, 0.25) is 0 Å². The van der Waals surface area contributed by atoms with Gasteiger partial charge in [-0.05, 0) is 55.4 Å². The van der Waals surface area contributed by atoms with Gasteiger partial charge in [-0.1, -0.05) is 0 Å². The van der Waals surface area contributed by atoms with E-state index in [2.05, 4.69) is 65.2 Å². The van der Waals surface area contributed by atoms with Gasteiger partial charge in [0.1, 0.15) is 0 Å². The summed E-state index contributed by atoms with van der Waals surface area (Å²) in [6.45, 7) is 20.7. The van der Waals surface area contributed by atoms with Crippen molar-refractivity contribution < 1.29 is 0 Å². The van der Waals surface area contributed by atoms with Crippen LogP contribution < -0.4 is 0 Å². The van der Waals surface area contributed by atoms with Crippen LogP contribution in [0.4, 0.5) is 0 Å². The first-order chi connectivity index (χ1) is 6.44. The van der Waals surface area contributed by atoms with Crippen molar-refractivity contribution in [1.82, 2.24) is 9.80 Å². The molecule has 1 rings (SSSR count). The molecule has 0 aromatic rings. The molecule has 2 nitrogen and oxygen atoms in total. The van der Waals surface area contributed by atoms with Crippen molar-refractivity contribution in [1.29, 1.82) is 0 Å². The van der Waals surface area contributed by atoms with Gasteiger partial charge in [0.05, 0.1) is 6.67 Å². The van der Waals surface area contributed by atoms with Crippen molar-refractivity contribution in [2.45, 2.75) is 72.0 Å². The fraction of sp³-hybridized carbons (Fsp3) is 1.00. The average Bonchev–Trinajstić information content (AvgIpc) is 2.49. The van der Waals surface area contributed by atoms with Crippen LogP contribution in [0.1, 0.15) is 55.4 Å². The zero-order valence-electron chi connectivity index (χ0n) is 11.8. The number of hydrogen-bond donors (Lipinski definition) is 0. The zero-order chi connectivity index (χ0) is 12.1. The van der Waals surface area contributed by atoms with Crippen LogP contribution in [0.15, 0.2) is 0 Å². The van der Waals surface area contributed by atoms with Crippen LogP contribution in [-0.2, 0) is 0 Å². The molecule has 0 spiro atoms. The second-order valence-corrected chi connectivity index (χ2v) is 7.42. The van der Waals surface area contributed by atoms with E-state index < -0.39 is 0 Å². The molecular formula is C13H28N2. The van der Waals surface area contributed by atoms with E-state index in [1.54, 1.807) is 0 Å². The smallest absolute Gasteiger partial charge is 0.0522 e. The minimum absolute atomic E-state index is 0.233. The van der Waals surface area contributed by atoms with Gasteiger partial charge in [-0.2, -0.15) is 0 Å². The van der Waals surface area contributed by atoms with E-state index in [0.717, 1.165) is 6.67 Å². The molecule has 0 aliphatic carbocycles. The third-order valence-electron chi connectivity index (χ3n) is 3.26. The molecule has 1 saturated heterocycles. The third-order valence-corrected chi connectivity index (χ3v) is 3.26. The SMILES string of the molecule is CC(C)(C)N(CN1CC1(C)C)C(C)(C)C. The van der Waals surface area contributed by atoms with E-state index in [9.17, 15) is 0 Å². The van der Waals surface area contributed by atoms with Crippen LogP contribution >= 0.6 is 0 Å². The molecule has 2 heteroatoms. The number of nitrogens with zero attached hydrogens (tertiary/aromatic N) is 2. The van der Waals surface area contributed by atoms with Gasteiger partial charge < -0.3 is 0 Å². The molecule has 0 radical (unpaired) electrons. The molecule has 1 aliphatic heterocycles. The van der Waals surface area contributed by atoms with Gasteiger partial charge in [0.2, 0.25) is 0 Å². The molecule has 1 heterocycles. The molecule has 15 heavy (non-hydrogen) atoms. The quantitative estimate of drug-likeness (QED) is 0.649. The third kappa shape index (κ3) is 3.18. The monoisotopic (exact) mass is 212 g/mol. The first-order valence-corrected chi connectivity index (χ1v) is 5.97. The highest BCUT2D eigenvalue weighted by Gasteiger charge is 2.46. The van der Waals surface area contributed by atoms with Crippen LogP contribution in [0.5, 0.6) is 0 Å². The number of hydrogen-bond acceptors (Lipinski definition) is 2. The molecule has 1 unspecified atom stereocenters. The number of rotatable bonds is 2. The average molecular weight is 212 g/mol. The van der Waals surface area contributed by atoms with Crippen molar-refractivity contribution in [2.75, 3.05) is 13.2 Å². The van der Waals surface area contributed by atoms with Crippen molar-refractivity contribution in [3.63, 3.8) is 0 Å². The van der Waals surface area contributed by atoms with E-state index in [4.69, 9.17) is 0 Å². The summed E-state index contributed by atoms with van der Waals surface area (Å²) in [7, 11) is 0. The summed E-state index contributed by atoms with van der Waals surface area (Å²) in [6.07, 6.45) is 0. The van der Waals surface area contributed by atoms with E-state index in [1.807, 2.05) is 0 Å². The summed E-state index contributed by atoms with van der Waals surface area (Å²) in [5.74, 6) is 0. The van der Waals surface area contributed by atoms with Crippen LogP contribution in [0.25, 0.3) is 0 Å². The highest BCUT2D eigenvalue weighted by atomic mass is 15.5. The lowest BCUT2D eigenvalue weighted by Gasteiger charge is -2.45. The molecular weight excluding hydrogens is 184 g/mol. The summed E-state index contributed by atoms with van der Waals surface area (Å²) in [4.78, 5) is 5.11. The summed E-state index contributed by atoms with van der Waals surface area (Å²) in [5.41, 5.74) is 0.891. The van der Waals surface area contributed by atoms with E-state index in [-0.39, 0.29) is 11.1 Å². The van der Waals surface area contributed by atoms with E-state index >= 15 is 0 Å². The topological polar surface area (TPSA) is 6.25 Å². The molecule has 0 bridgehead atoms.